The van der Waals surface area contributed by atoms with E-state index in [-0.39, 0.29) is 11.3 Å². The number of rotatable bonds is 5. The summed E-state index contributed by atoms with van der Waals surface area (Å²) in [5, 5.41) is 1.71. The fourth-order valence-electron chi connectivity index (χ4n) is 2.94. The number of nitrogens with one attached hydrogen (secondary N) is 1. The van der Waals surface area contributed by atoms with Gasteiger partial charge in [-0.15, -0.1) is 11.3 Å². The number of aromatic amines is 1. The fourth-order valence-corrected chi connectivity index (χ4v) is 4.92. The van der Waals surface area contributed by atoms with Crippen LogP contribution in [0.15, 0.2) is 50.8 Å². The number of halogens is 1. The van der Waals surface area contributed by atoms with Crippen LogP contribution in [0.4, 0.5) is 0 Å². The van der Waals surface area contributed by atoms with E-state index in [4.69, 9.17) is 16.0 Å². The van der Waals surface area contributed by atoms with Crippen LogP contribution in [0.3, 0.4) is 0 Å². The van der Waals surface area contributed by atoms with E-state index in [1.807, 2.05) is 19.1 Å². The number of thiophene rings is 1. The molecule has 148 valence electrons. The van der Waals surface area contributed by atoms with E-state index in [1.54, 1.807) is 24.3 Å². The lowest BCUT2D eigenvalue weighted by molar-refractivity contribution is 0.0563. The number of ether oxygens (including phenoxy) is 1. The van der Waals surface area contributed by atoms with Gasteiger partial charge >= 0.3 is 5.97 Å². The summed E-state index contributed by atoms with van der Waals surface area (Å²) < 4.78 is 10.1. The first kappa shape index (κ1) is 19.8. The van der Waals surface area contributed by atoms with E-state index in [2.05, 4.69) is 14.7 Å². The molecule has 0 fully saturated rings. The highest BCUT2D eigenvalue weighted by molar-refractivity contribution is 7.98. The van der Waals surface area contributed by atoms with Gasteiger partial charge in [0, 0.05) is 15.5 Å². The Morgan fingerprint density at radius 3 is 2.76 bits per heavy atom. The van der Waals surface area contributed by atoms with Crippen molar-refractivity contribution >= 4 is 50.9 Å². The van der Waals surface area contributed by atoms with Crippen LogP contribution in [0.2, 0.25) is 5.02 Å². The molecular formula is C20H15ClN2O4S2. The zero-order chi connectivity index (χ0) is 20.5. The highest BCUT2D eigenvalue weighted by Crippen LogP contribution is 2.36. The Labute approximate surface area is 178 Å². The summed E-state index contributed by atoms with van der Waals surface area (Å²) in [4.78, 5) is 33.4. The molecule has 4 rings (SSSR count). The van der Waals surface area contributed by atoms with Crippen molar-refractivity contribution in [1.29, 1.82) is 0 Å². The van der Waals surface area contributed by atoms with Gasteiger partial charge in [0.25, 0.3) is 5.56 Å². The predicted octanol–water partition coefficient (Wildman–Crippen LogP) is 5.29. The van der Waals surface area contributed by atoms with E-state index >= 15 is 0 Å². The molecule has 0 saturated heterocycles. The van der Waals surface area contributed by atoms with E-state index in [1.165, 1.54) is 30.2 Å². The van der Waals surface area contributed by atoms with Gasteiger partial charge in [-0.05, 0) is 36.8 Å². The molecule has 0 spiro atoms. The third-order valence-corrected chi connectivity index (χ3v) is 6.40. The number of nitrogens with zero attached hydrogens (tertiary/aromatic N) is 1. The zero-order valence-corrected chi connectivity index (χ0v) is 17.8. The second-order valence-corrected chi connectivity index (χ2v) is 8.74. The number of H-pyrrole nitrogens is 1. The maximum atomic E-state index is 12.8. The van der Waals surface area contributed by atoms with Crippen LogP contribution in [-0.4, -0.2) is 23.0 Å². The number of carbonyl (C=O) groups excluding carboxylic acids is 1. The van der Waals surface area contributed by atoms with E-state index in [0.717, 1.165) is 16.0 Å². The first-order valence-corrected chi connectivity index (χ1v) is 10.7. The molecular weight excluding hydrogens is 432 g/mol. The standard InChI is InChI=1S/C20H15ClN2O4S2/c1-10-15(11-3-5-12(21)6-4-11)16-17(24)22-20(23-18(16)29-10)28-9-13-7-8-14(27-13)19(25)26-2/h3-8H,9H2,1-2H3,(H,22,23,24). The minimum Gasteiger partial charge on any atom is -0.463 e. The number of furan rings is 1. The summed E-state index contributed by atoms with van der Waals surface area (Å²) in [6, 6.07) is 10.7. The molecule has 3 heterocycles. The van der Waals surface area contributed by atoms with Crippen molar-refractivity contribution in [3.8, 4) is 11.1 Å². The number of esters is 1. The first-order valence-electron chi connectivity index (χ1n) is 8.55. The lowest BCUT2D eigenvalue weighted by Crippen LogP contribution is -2.08. The van der Waals surface area contributed by atoms with Crippen molar-refractivity contribution in [2.45, 2.75) is 17.8 Å². The summed E-state index contributed by atoms with van der Waals surface area (Å²) in [5.41, 5.74) is 1.61. The van der Waals surface area contributed by atoms with Gasteiger partial charge in [-0.25, -0.2) is 9.78 Å². The molecule has 9 heteroatoms. The number of thioether (sulfide) groups is 1. The zero-order valence-electron chi connectivity index (χ0n) is 15.4. The van der Waals surface area contributed by atoms with Crippen LogP contribution in [0.25, 0.3) is 21.3 Å². The van der Waals surface area contributed by atoms with Gasteiger partial charge in [0.1, 0.15) is 10.6 Å². The minimum absolute atomic E-state index is 0.140. The molecule has 1 N–H and O–H groups in total. The molecule has 0 aliphatic heterocycles. The van der Waals surface area contributed by atoms with Gasteiger partial charge in [-0.2, -0.15) is 0 Å². The lowest BCUT2D eigenvalue weighted by atomic mass is 10.0. The molecule has 0 aliphatic carbocycles. The maximum absolute atomic E-state index is 12.8. The fraction of sp³-hybridized carbons (Fsp3) is 0.150. The Balaban J connectivity index is 1.63. The Kier molecular flexibility index (Phi) is 5.49. The Morgan fingerprint density at radius 1 is 1.28 bits per heavy atom. The SMILES string of the molecule is COC(=O)c1ccc(CSc2nc3sc(C)c(-c4ccc(Cl)cc4)c3c(=O)[nH]2)o1. The van der Waals surface area contributed by atoms with Gasteiger partial charge in [-0.3, -0.25) is 4.79 Å². The van der Waals surface area contributed by atoms with Crippen LogP contribution < -0.4 is 5.56 Å². The normalized spacial score (nSPS) is 11.1. The Hall–Kier alpha value is -2.55. The summed E-state index contributed by atoms with van der Waals surface area (Å²) in [6.07, 6.45) is 0. The average Bonchev–Trinajstić information content (AvgIpc) is 3.31. The molecule has 0 bridgehead atoms. The molecule has 4 aromatic rings. The van der Waals surface area contributed by atoms with Crippen LogP contribution in [0.1, 0.15) is 21.2 Å². The Morgan fingerprint density at radius 2 is 2.03 bits per heavy atom. The number of hydrogen-bond donors (Lipinski definition) is 1. The number of methoxy groups -OCH3 is 1. The molecule has 29 heavy (non-hydrogen) atoms. The smallest absolute Gasteiger partial charge is 0.373 e. The second kappa shape index (κ2) is 8.06. The van der Waals surface area contributed by atoms with Gasteiger partial charge < -0.3 is 14.1 Å². The lowest BCUT2D eigenvalue weighted by Gasteiger charge is -2.03. The summed E-state index contributed by atoms with van der Waals surface area (Å²) in [6.45, 7) is 1.97. The van der Waals surface area contributed by atoms with E-state index in [9.17, 15) is 9.59 Å². The third kappa shape index (κ3) is 3.96. The van der Waals surface area contributed by atoms with Crippen molar-refractivity contribution in [1.82, 2.24) is 9.97 Å². The van der Waals surface area contributed by atoms with Gasteiger partial charge in [0.05, 0.1) is 18.2 Å². The van der Waals surface area contributed by atoms with Crippen LogP contribution >= 0.6 is 34.7 Å². The van der Waals surface area contributed by atoms with E-state index in [0.29, 0.717) is 31.9 Å². The largest absolute Gasteiger partial charge is 0.463 e. The quantitative estimate of drug-likeness (QED) is 0.255. The molecule has 0 aliphatic rings. The second-order valence-electron chi connectivity index (χ2n) is 6.14. The van der Waals surface area contributed by atoms with Crippen molar-refractivity contribution < 1.29 is 13.9 Å². The third-order valence-electron chi connectivity index (χ3n) is 4.25. The highest BCUT2D eigenvalue weighted by atomic mass is 35.5. The van der Waals surface area contributed by atoms with Crippen molar-refractivity contribution in [2.24, 2.45) is 0 Å². The first-order chi connectivity index (χ1) is 14.0. The van der Waals surface area contributed by atoms with Crippen molar-refractivity contribution in [2.75, 3.05) is 7.11 Å². The molecule has 3 aromatic heterocycles. The molecule has 6 nitrogen and oxygen atoms in total. The number of hydrogen-bond acceptors (Lipinski definition) is 7. The average molecular weight is 447 g/mol. The van der Waals surface area contributed by atoms with Gasteiger partial charge in [0.15, 0.2) is 5.16 Å². The molecule has 0 atom stereocenters. The maximum Gasteiger partial charge on any atom is 0.373 e. The summed E-state index contributed by atoms with van der Waals surface area (Å²) >= 11 is 8.78. The Bertz CT molecular complexity index is 1260. The number of aryl methyl sites for hydroxylation is 1. The monoisotopic (exact) mass is 446 g/mol. The van der Waals surface area contributed by atoms with Gasteiger partial charge in [-0.1, -0.05) is 35.5 Å². The summed E-state index contributed by atoms with van der Waals surface area (Å²) in [7, 11) is 1.30. The van der Waals surface area contributed by atoms with Gasteiger partial charge in [0.2, 0.25) is 5.76 Å². The van der Waals surface area contributed by atoms with Crippen LogP contribution in [0.5, 0.6) is 0 Å². The molecule has 0 radical (unpaired) electrons. The number of carbonyl (C=O) groups is 1. The highest BCUT2D eigenvalue weighted by Gasteiger charge is 2.17. The van der Waals surface area contributed by atoms with Crippen LogP contribution in [0, 0.1) is 6.92 Å². The number of benzene rings is 1. The van der Waals surface area contributed by atoms with Crippen LogP contribution in [-0.2, 0) is 10.5 Å². The molecule has 0 unspecified atom stereocenters. The van der Waals surface area contributed by atoms with Crippen molar-refractivity contribution in [3.05, 3.63) is 68.2 Å². The van der Waals surface area contributed by atoms with Crippen molar-refractivity contribution in [3.63, 3.8) is 0 Å². The van der Waals surface area contributed by atoms with E-state index < -0.39 is 5.97 Å². The predicted molar refractivity (Wildman–Crippen MR) is 115 cm³/mol. The molecule has 1 aromatic carbocycles. The molecule has 0 amide bonds. The topological polar surface area (TPSA) is 85.2 Å². The minimum atomic E-state index is -0.530. The molecule has 0 saturated carbocycles. The summed E-state index contributed by atoms with van der Waals surface area (Å²) in [5.74, 6) is 0.613. The number of aromatic nitrogens is 2. The number of fused-ring (bicyclic) bond motifs is 1.